The molecule has 0 aromatic heterocycles. The molecule has 2 aromatic rings. The molecule has 0 saturated carbocycles. The van der Waals surface area contributed by atoms with E-state index < -0.39 is 17.0 Å². The van der Waals surface area contributed by atoms with E-state index >= 15 is 0 Å². The van der Waals surface area contributed by atoms with Gasteiger partial charge in [-0.25, -0.2) is 9.38 Å². The highest BCUT2D eigenvalue weighted by Gasteiger charge is 2.38. The van der Waals surface area contributed by atoms with Crippen molar-refractivity contribution in [3.05, 3.63) is 72.1 Å². The molecule has 5 nitrogen and oxygen atoms in total. The summed E-state index contributed by atoms with van der Waals surface area (Å²) in [6.07, 6.45) is 1.55. The zero-order valence-corrected chi connectivity index (χ0v) is 17.1. The number of benzene rings is 2. The molecule has 150 valence electrons. The van der Waals surface area contributed by atoms with Gasteiger partial charge in [0.15, 0.2) is 5.17 Å². The Balaban J connectivity index is 1.78. The van der Waals surface area contributed by atoms with Gasteiger partial charge in [-0.15, -0.1) is 6.58 Å². The number of thioether (sulfide) groups is 1. The molecule has 7 heteroatoms. The van der Waals surface area contributed by atoms with Crippen LogP contribution in [0.2, 0.25) is 0 Å². The summed E-state index contributed by atoms with van der Waals surface area (Å²) >= 11 is 1.24. The maximum absolute atomic E-state index is 13.7. The number of carbonyl (C=O) groups is 2. The van der Waals surface area contributed by atoms with Crippen LogP contribution < -0.4 is 5.32 Å². The van der Waals surface area contributed by atoms with Gasteiger partial charge in [0.05, 0.1) is 11.4 Å². The molecule has 1 aliphatic rings. The Morgan fingerprint density at radius 2 is 2.07 bits per heavy atom. The Morgan fingerprint density at radius 3 is 2.76 bits per heavy atom. The van der Waals surface area contributed by atoms with E-state index in [0.717, 1.165) is 16.8 Å². The number of amidine groups is 1. The number of halogens is 1. The number of aryl methyl sites for hydroxylation is 2. The molecule has 0 bridgehead atoms. The van der Waals surface area contributed by atoms with Crippen LogP contribution in [0.5, 0.6) is 0 Å². The van der Waals surface area contributed by atoms with Crippen LogP contribution in [0.1, 0.15) is 17.5 Å². The summed E-state index contributed by atoms with van der Waals surface area (Å²) < 4.78 is 13.7. The summed E-state index contributed by atoms with van der Waals surface area (Å²) in [6.45, 7) is 7.98. The lowest BCUT2D eigenvalue weighted by Crippen LogP contribution is -2.33. The molecule has 0 radical (unpaired) electrons. The van der Waals surface area contributed by atoms with Crippen molar-refractivity contribution in [3.8, 4) is 0 Å². The number of aliphatic imine (C=N–C) groups is 1. The van der Waals surface area contributed by atoms with Crippen molar-refractivity contribution < 1.29 is 14.0 Å². The van der Waals surface area contributed by atoms with Crippen molar-refractivity contribution in [3.63, 3.8) is 0 Å². The quantitative estimate of drug-likeness (QED) is 0.708. The number of carbonyl (C=O) groups excluding carboxylic acids is 2. The van der Waals surface area contributed by atoms with Crippen LogP contribution in [-0.2, 0) is 9.59 Å². The smallest absolute Gasteiger partial charge is 0.242 e. The van der Waals surface area contributed by atoms with Crippen molar-refractivity contribution in [1.82, 2.24) is 4.90 Å². The van der Waals surface area contributed by atoms with Gasteiger partial charge >= 0.3 is 0 Å². The molecule has 1 saturated heterocycles. The number of para-hydroxylation sites is 1. The van der Waals surface area contributed by atoms with Gasteiger partial charge in [-0.05, 0) is 37.6 Å². The molecular formula is C22H22FN3O2S. The van der Waals surface area contributed by atoms with Crippen LogP contribution in [0.4, 0.5) is 15.8 Å². The molecule has 1 fully saturated rings. The van der Waals surface area contributed by atoms with Gasteiger partial charge in [0.25, 0.3) is 0 Å². The minimum absolute atomic E-state index is 0.0720. The SMILES string of the molecule is C=CCN1C(=O)[C@H](CC(=O)Nc2ccccc2F)SC1=Nc1ccc(C)cc1C. The minimum atomic E-state index is -0.619. The predicted octanol–water partition coefficient (Wildman–Crippen LogP) is 4.59. The van der Waals surface area contributed by atoms with Crippen molar-refractivity contribution >= 4 is 40.1 Å². The third-order valence-corrected chi connectivity index (χ3v) is 5.59. The molecule has 1 heterocycles. The lowest BCUT2D eigenvalue weighted by atomic mass is 10.1. The molecule has 0 aliphatic carbocycles. The van der Waals surface area contributed by atoms with Gasteiger partial charge in [-0.1, -0.05) is 47.7 Å². The van der Waals surface area contributed by atoms with Crippen LogP contribution in [-0.4, -0.2) is 33.7 Å². The fourth-order valence-electron chi connectivity index (χ4n) is 2.99. The summed E-state index contributed by atoms with van der Waals surface area (Å²) in [5.41, 5.74) is 3.01. The van der Waals surface area contributed by atoms with Crippen LogP contribution in [0.25, 0.3) is 0 Å². The lowest BCUT2D eigenvalue weighted by Gasteiger charge is -2.14. The summed E-state index contributed by atoms with van der Waals surface area (Å²) in [5.74, 6) is -1.15. The average Bonchev–Trinajstić information content (AvgIpc) is 2.95. The maximum atomic E-state index is 13.7. The van der Waals surface area contributed by atoms with Crippen molar-refractivity contribution in [2.45, 2.75) is 25.5 Å². The number of anilines is 1. The first kappa shape index (κ1) is 20.8. The van der Waals surface area contributed by atoms with Gasteiger partial charge in [0.1, 0.15) is 11.1 Å². The van der Waals surface area contributed by atoms with E-state index in [2.05, 4.69) is 16.9 Å². The number of amides is 2. The Kier molecular flexibility index (Phi) is 6.49. The number of rotatable bonds is 6. The summed E-state index contributed by atoms with van der Waals surface area (Å²) in [5, 5.41) is 2.44. The van der Waals surface area contributed by atoms with Crippen LogP contribution in [0.3, 0.4) is 0 Å². The van der Waals surface area contributed by atoms with Crippen LogP contribution >= 0.6 is 11.8 Å². The number of hydrogen-bond donors (Lipinski definition) is 1. The van der Waals surface area contributed by atoms with Crippen LogP contribution in [0, 0.1) is 19.7 Å². The molecule has 1 aliphatic heterocycles. The van der Waals surface area contributed by atoms with Crippen molar-refractivity contribution in [2.75, 3.05) is 11.9 Å². The lowest BCUT2D eigenvalue weighted by molar-refractivity contribution is -0.127. The second-order valence-electron chi connectivity index (χ2n) is 6.76. The molecule has 0 spiro atoms. The summed E-state index contributed by atoms with van der Waals surface area (Å²) in [6, 6.07) is 11.8. The Hall–Kier alpha value is -2.93. The highest BCUT2D eigenvalue weighted by Crippen LogP contribution is 2.33. The van der Waals surface area contributed by atoms with E-state index in [1.54, 1.807) is 18.2 Å². The first-order valence-corrected chi connectivity index (χ1v) is 10.1. The number of hydrogen-bond acceptors (Lipinski definition) is 4. The Labute approximate surface area is 173 Å². The molecular weight excluding hydrogens is 389 g/mol. The van der Waals surface area contributed by atoms with Crippen molar-refractivity contribution in [2.24, 2.45) is 4.99 Å². The van der Waals surface area contributed by atoms with Gasteiger partial charge in [0, 0.05) is 13.0 Å². The van der Waals surface area contributed by atoms with E-state index in [1.807, 2.05) is 32.0 Å². The van der Waals surface area contributed by atoms with E-state index in [9.17, 15) is 14.0 Å². The number of nitrogens with zero attached hydrogens (tertiary/aromatic N) is 2. The zero-order valence-electron chi connectivity index (χ0n) is 16.3. The molecule has 1 atom stereocenters. The fraction of sp³-hybridized carbons (Fsp3) is 0.227. The second kappa shape index (κ2) is 9.05. The minimum Gasteiger partial charge on any atom is -0.324 e. The maximum Gasteiger partial charge on any atom is 0.242 e. The van der Waals surface area contributed by atoms with Gasteiger partial charge in [0.2, 0.25) is 11.8 Å². The largest absolute Gasteiger partial charge is 0.324 e. The van der Waals surface area contributed by atoms with E-state index in [4.69, 9.17) is 0 Å². The van der Waals surface area contributed by atoms with Crippen LogP contribution in [0.15, 0.2) is 60.1 Å². The first-order chi connectivity index (χ1) is 13.9. The highest BCUT2D eigenvalue weighted by atomic mass is 32.2. The monoisotopic (exact) mass is 411 g/mol. The average molecular weight is 412 g/mol. The topological polar surface area (TPSA) is 61.8 Å². The van der Waals surface area contributed by atoms with Gasteiger partial charge in [-0.3, -0.25) is 14.5 Å². The van der Waals surface area contributed by atoms with Gasteiger partial charge < -0.3 is 5.32 Å². The molecule has 0 unspecified atom stereocenters. The van der Waals surface area contributed by atoms with Gasteiger partial charge in [-0.2, -0.15) is 0 Å². The van der Waals surface area contributed by atoms with E-state index in [0.29, 0.717) is 11.7 Å². The molecule has 2 aromatic carbocycles. The Morgan fingerprint density at radius 1 is 1.31 bits per heavy atom. The fourth-order valence-corrected chi connectivity index (χ4v) is 4.15. The molecule has 2 amide bonds. The van der Waals surface area contributed by atoms with E-state index in [-0.39, 0.29) is 18.0 Å². The summed E-state index contributed by atoms with van der Waals surface area (Å²) in [4.78, 5) is 31.4. The molecule has 3 rings (SSSR count). The standard InChI is InChI=1S/C22H22FN3O2S/c1-4-11-26-21(28)19(13-20(27)24-18-8-6-5-7-16(18)23)29-22(26)25-17-10-9-14(2)12-15(17)3/h4-10,12,19H,1,11,13H2,2-3H3,(H,24,27)/t19-/m0/s1. The third-order valence-electron chi connectivity index (χ3n) is 4.42. The van der Waals surface area contributed by atoms with Crippen molar-refractivity contribution in [1.29, 1.82) is 0 Å². The number of nitrogens with one attached hydrogen (secondary N) is 1. The van der Waals surface area contributed by atoms with E-state index in [1.165, 1.54) is 28.8 Å². The molecule has 1 N–H and O–H groups in total. The second-order valence-corrected chi connectivity index (χ2v) is 7.93. The summed E-state index contributed by atoms with van der Waals surface area (Å²) in [7, 11) is 0. The Bertz CT molecular complexity index is 990. The molecule has 29 heavy (non-hydrogen) atoms. The normalized spacial score (nSPS) is 17.6. The zero-order chi connectivity index (χ0) is 21.0. The third kappa shape index (κ3) is 4.92. The highest BCUT2D eigenvalue weighted by molar-refractivity contribution is 8.15. The first-order valence-electron chi connectivity index (χ1n) is 9.18. The predicted molar refractivity (Wildman–Crippen MR) is 116 cm³/mol.